The number of ether oxygens (including phenoxy) is 4. The summed E-state index contributed by atoms with van der Waals surface area (Å²) >= 11 is 12.5. The normalized spacial score (nSPS) is 19.4. The van der Waals surface area contributed by atoms with Crippen LogP contribution in [0.1, 0.15) is 42.7 Å². The number of allylic oxidation sites excluding steroid dienone is 3. The maximum atomic E-state index is 13.8. The van der Waals surface area contributed by atoms with Gasteiger partial charge in [0.25, 0.3) is 0 Å². The van der Waals surface area contributed by atoms with Crippen LogP contribution in [0, 0.1) is 0 Å². The SMILES string of the molecule is COCCOC(=O)C1=C(C)NC2=C(C(=O)C[C@H](c3ccc(OC)c(OC)c3)C2)[C@H]1c1ccc(Cl)c(Cl)c1. The van der Waals surface area contributed by atoms with Gasteiger partial charge >= 0.3 is 5.97 Å². The average Bonchev–Trinajstić information content (AvgIpc) is 2.88. The van der Waals surface area contributed by atoms with Crippen molar-refractivity contribution in [2.45, 2.75) is 31.6 Å². The van der Waals surface area contributed by atoms with Crippen molar-refractivity contribution in [1.29, 1.82) is 0 Å². The quantitative estimate of drug-likeness (QED) is 0.343. The molecule has 37 heavy (non-hydrogen) atoms. The van der Waals surface area contributed by atoms with E-state index in [9.17, 15) is 9.59 Å². The molecule has 1 heterocycles. The Bertz CT molecular complexity index is 1290. The van der Waals surface area contributed by atoms with Crippen molar-refractivity contribution >= 4 is 35.0 Å². The zero-order chi connectivity index (χ0) is 26.7. The minimum Gasteiger partial charge on any atom is -0.493 e. The molecule has 2 aromatic rings. The lowest BCUT2D eigenvalue weighted by atomic mass is 9.71. The zero-order valence-corrected chi connectivity index (χ0v) is 22.7. The zero-order valence-electron chi connectivity index (χ0n) is 21.2. The van der Waals surface area contributed by atoms with Crippen LogP contribution < -0.4 is 14.8 Å². The second-order valence-corrected chi connectivity index (χ2v) is 9.75. The predicted molar refractivity (Wildman–Crippen MR) is 141 cm³/mol. The van der Waals surface area contributed by atoms with Gasteiger partial charge in [-0.25, -0.2) is 4.79 Å². The second-order valence-electron chi connectivity index (χ2n) is 8.93. The molecule has 7 nitrogen and oxygen atoms in total. The number of carbonyl (C=O) groups excluding carboxylic acids is 2. The number of hydrogen-bond acceptors (Lipinski definition) is 7. The van der Waals surface area contributed by atoms with Crippen LogP contribution in [0.2, 0.25) is 10.0 Å². The second kappa shape index (κ2) is 11.6. The van der Waals surface area contributed by atoms with Gasteiger partial charge in [-0.1, -0.05) is 35.3 Å². The highest BCUT2D eigenvalue weighted by molar-refractivity contribution is 6.42. The van der Waals surface area contributed by atoms with Crippen molar-refractivity contribution in [2.75, 3.05) is 34.5 Å². The molecule has 2 aromatic carbocycles. The molecule has 2 atom stereocenters. The van der Waals surface area contributed by atoms with Crippen LogP contribution in [0.15, 0.2) is 58.9 Å². The molecule has 2 aliphatic rings. The van der Waals surface area contributed by atoms with Gasteiger partial charge in [-0.15, -0.1) is 0 Å². The largest absolute Gasteiger partial charge is 0.493 e. The smallest absolute Gasteiger partial charge is 0.336 e. The summed E-state index contributed by atoms with van der Waals surface area (Å²) in [6.45, 7) is 2.18. The Hall–Kier alpha value is -3.00. The fraction of sp³-hybridized carbons (Fsp3) is 0.357. The summed E-state index contributed by atoms with van der Waals surface area (Å²) in [7, 11) is 4.70. The van der Waals surface area contributed by atoms with Gasteiger partial charge < -0.3 is 24.3 Å². The van der Waals surface area contributed by atoms with Crippen molar-refractivity contribution in [1.82, 2.24) is 5.32 Å². The third-order valence-electron chi connectivity index (χ3n) is 6.72. The molecule has 0 saturated heterocycles. The van der Waals surface area contributed by atoms with E-state index < -0.39 is 11.9 Å². The van der Waals surface area contributed by atoms with Crippen LogP contribution in [-0.2, 0) is 19.1 Å². The lowest BCUT2D eigenvalue weighted by Crippen LogP contribution is -2.36. The van der Waals surface area contributed by atoms with Crippen LogP contribution in [0.3, 0.4) is 0 Å². The number of carbonyl (C=O) groups is 2. The van der Waals surface area contributed by atoms with Gasteiger partial charge in [-0.05, 0) is 54.7 Å². The van der Waals surface area contributed by atoms with Gasteiger partial charge in [0.15, 0.2) is 17.3 Å². The maximum absolute atomic E-state index is 13.8. The molecule has 1 aliphatic heterocycles. The number of esters is 1. The van der Waals surface area contributed by atoms with Crippen LogP contribution >= 0.6 is 23.2 Å². The van der Waals surface area contributed by atoms with Crippen molar-refractivity contribution in [3.8, 4) is 11.5 Å². The molecule has 0 unspecified atom stereocenters. The number of hydrogen-bond donors (Lipinski definition) is 1. The first-order valence-corrected chi connectivity index (χ1v) is 12.6. The van der Waals surface area contributed by atoms with Crippen LogP contribution in [-0.4, -0.2) is 46.3 Å². The number of ketones is 1. The van der Waals surface area contributed by atoms with E-state index >= 15 is 0 Å². The van der Waals surface area contributed by atoms with E-state index in [-0.39, 0.29) is 31.3 Å². The average molecular weight is 546 g/mol. The highest BCUT2D eigenvalue weighted by Crippen LogP contribution is 2.47. The Morgan fingerprint density at radius 2 is 1.68 bits per heavy atom. The Morgan fingerprint density at radius 3 is 2.35 bits per heavy atom. The molecular formula is C28H29Cl2NO6. The Morgan fingerprint density at radius 1 is 0.946 bits per heavy atom. The summed E-state index contributed by atoms with van der Waals surface area (Å²) in [5.74, 6) is -0.0523. The summed E-state index contributed by atoms with van der Waals surface area (Å²) in [5.41, 5.74) is 3.97. The Kier molecular flexibility index (Phi) is 8.47. The van der Waals surface area contributed by atoms with Crippen molar-refractivity contribution in [3.05, 3.63) is 80.1 Å². The van der Waals surface area contributed by atoms with Gasteiger partial charge in [0.05, 0.1) is 36.4 Å². The number of nitrogens with one attached hydrogen (secondary N) is 1. The van der Waals surface area contributed by atoms with Gasteiger partial charge in [0.2, 0.25) is 0 Å². The molecule has 0 spiro atoms. The molecular weight excluding hydrogens is 517 g/mol. The lowest BCUT2D eigenvalue weighted by molar-refractivity contribution is -0.140. The molecule has 0 amide bonds. The van der Waals surface area contributed by atoms with E-state index in [1.165, 1.54) is 7.11 Å². The summed E-state index contributed by atoms with van der Waals surface area (Å²) < 4.78 is 21.3. The molecule has 196 valence electrons. The monoisotopic (exact) mass is 545 g/mol. The number of halogens is 2. The number of benzene rings is 2. The highest BCUT2D eigenvalue weighted by atomic mass is 35.5. The maximum Gasteiger partial charge on any atom is 0.336 e. The van der Waals surface area contributed by atoms with E-state index in [0.29, 0.717) is 50.4 Å². The number of Topliss-reactive ketones (excluding diaryl/α,β-unsaturated/α-hetero) is 1. The Labute approximate surface area is 226 Å². The summed E-state index contributed by atoms with van der Waals surface area (Å²) in [6.07, 6.45) is 0.858. The highest BCUT2D eigenvalue weighted by Gasteiger charge is 2.41. The van der Waals surface area contributed by atoms with Crippen molar-refractivity contribution in [3.63, 3.8) is 0 Å². The predicted octanol–water partition coefficient (Wildman–Crippen LogP) is 5.56. The van der Waals surface area contributed by atoms with Gasteiger partial charge in [0.1, 0.15) is 6.61 Å². The molecule has 1 aliphatic carbocycles. The lowest BCUT2D eigenvalue weighted by Gasteiger charge is -2.37. The van der Waals surface area contributed by atoms with Crippen molar-refractivity contribution in [2.24, 2.45) is 0 Å². The fourth-order valence-corrected chi connectivity index (χ4v) is 5.28. The fourth-order valence-electron chi connectivity index (χ4n) is 4.97. The summed E-state index contributed by atoms with van der Waals surface area (Å²) in [4.78, 5) is 27.0. The van der Waals surface area contributed by atoms with Crippen LogP contribution in [0.5, 0.6) is 11.5 Å². The van der Waals surface area contributed by atoms with E-state index in [0.717, 1.165) is 11.3 Å². The number of rotatable bonds is 8. The van der Waals surface area contributed by atoms with E-state index in [2.05, 4.69) is 5.32 Å². The topological polar surface area (TPSA) is 83.1 Å². The minimum absolute atomic E-state index is 0.0562. The van der Waals surface area contributed by atoms with E-state index in [4.69, 9.17) is 42.1 Å². The first-order valence-electron chi connectivity index (χ1n) is 11.9. The summed E-state index contributed by atoms with van der Waals surface area (Å²) in [5, 5.41) is 4.07. The van der Waals surface area contributed by atoms with Crippen LogP contribution in [0.25, 0.3) is 0 Å². The molecule has 9 heteroatoms. The third kappa shape index (κ3) is 5.49. The Balaban J connectivity index is 1.75. The molecule has 4 rings (SSSR count). The summed E-state index contributed by atoms with van der Waals surface area (Å²) in [6, 6.07) is 10.9. The standard InChI is InChI=1S/C28H29Cl2NO6/c1-15-25(28(33)37-10-9-34-2)26(17-5-7-19(29)20(30)11-17)27-21(31-15)12-18(13-22(27)32)16-6-8-23(35-3)24(14-16)36-4/h5-8,11,14,18,26,31H,9-10,12-13H2,1-4H3/t18-,26+/m1/s1. The molecule has 1 N–H and O–H groups in total. The minimum atomic E-state index is -0.639. The van der Waals surface area contributed by atoms with Crippen LogP contribution in [0.4, 0.5) is 0 Å². The third-order valence-corrected chi connectivity index (χ3v) is 7.46. The van der Waals surface area contributed by atoms with Gasteiger partial charge in [0, 0.05) is 36.4 Å². The first kappa shape index (κ1) is 27.0. The van der Waals surface area contributed by atoms with Gasteiger partial charge in [-0.3, -0.25) is 4.79 Å². The molecule has 0 radical (unpaired) electrons. The number of methoxy groups -OCH3 is 3. The van der Waals surface area contributed by atoms with E-state index in [1.54, 1.807) is 32.4 Å². The van der Waals surface area contributed by atoms with Crippen molar-refractivity contribution < 1.29 is 28.5 Å². The van der Waals surface area contributed by atoms with E-state index in [1.807, 2.05) is 25.1 Å². The molecule has 0 fully saturated rings. The number of dihydropyridines is 1. The molecule has 0 bridgehead atoms. The molecule has 0 saturated carbocycles. The first-order chi connectivity index (χ1) is 17.8. The molecule has 0 aromatic heterocycles. The van der Waals surface area contributed by atoms with Gasteiger partial charge in [-0.2, -0.15) is 0 Å².